The van der Waals surface area contributed by atoms with Gasteiger partial charge in [-0.05, 0) is 59.2 Å². The molecule has 16 heavy (non-hydrogen) atoms. The number of pyridine rings is 1. The van der Waals surface area contributed by atoms with E-state index in [1.165, 1.54) is 37.7 Å². The minimum atomic E-state index is 0.689. The van der Waals surface area contributed by atoms with Crippen molar-refractivity contribution >= 4 is 31.9 Å². The summed E-state index contributed by atoms with van der Waals surface area (Å²) in [5, 5.41) is 0. The molecule has 0 amide bonds. The normalized spacial score (nSPS) is 18.9. The van der Waals surface area contributed by atoms with Crippen molar-refractivity contribution in [2.45, 2.75) is 43.4 Å². The summed E-state index contributed by atoms with van der Waals surface area (Å²) in [6.45, 7) is 0. The van der Waals surface area contributed by atoms with Gasteiger partial charge < -0.3 is 0 Å². The van der Waals surface area contributed by atoms with Crippen LogP contribution >= 0.6 is 31.9 Å². The van der Waals surface area contributed by atoms with Crippen LogP contribution in [0.2, 0.25) is 0 Å². The van der Waals surface area contributed by atoms with Gasteiger partial charge in [0.05, 0.1) is 0 Å². The zero-order chi connectivity index (χ0) is 11.4. The predicted octanol–water partition coefficient (Wildman–Crippen LogP) is 4.73. The lowest BCUT2D eigenvalue weighted by molar-refractivity contribution is 0.505. The minimum absolute atomic E-state index is 0.689. The van der Waals surface area contributed by atoms with Crippen LogP contribution in [0.3, 0.4) is 0 Å². The molecule has 3 heteroatoms. The van der Waals surface area contributed by atoms with Gasteiger partial charge in [0.25, 0.3) is 0 Å². The molecule has 0 aliphatic heterocycles. The average Bonchev–Trinajstić information content (AvgIpc) is 2.79. The van der Waals surface area contributed by atoms with Crippen molar-refractivity contribution in [3.63, 3.8) is 0 Å². The quantitative estimate of drug-likeness (QED) is 0.718. The van der Waals surface area contributed by atoms with Gasteiger partial charge in [-0.15, -0.1) is 0 Å². The summed E-state index contributed by atoms with van der Waals surface area (Å²) in [5.74, 6) is 0.903. The lowest BCUT2D eigenvalue weighted by atomic mass is 9.99. The molecule has 2 rings (SSSR count). The number of alkyl halides is 1. The van der Waals surface area contributed by atoms with Gasteiger partial charge in [0, 0.05) is 21.7 Å². The predicted molar refractivity (Wildman–Crippen MR) is 74.9 cm³/mol. The zero-order valence-corrected chi connectivity index (χ0v) is 12.5. The number of hydrogen-bond acceptors (Lipinski definition) is 1. The van der Waals surface area contributed by atoms with E-state index < -0.39 is 0 Å². The fourth-order valence-electron chi connectivity index (χ4n) is 2.45. The van der Waals surface area contributed by atoms with E-state index in [-0.39, 0.29) is 0 Å². The molecule has 1 unspecified atom stereocenters. The summed E-state index contributed by atoms with van der Waals surface area (Å²) >= 11 is 7.31. The summed E-state index contributed by atoms with van der Waals surface area (Å²) < 4.78 is 1.08. The molecule has 1 aromatic heterocycles. The summed E-state index contributed by atoms with van der Waals surface area (Å²) in [7, 11) is 0. The number of rotatable bonds is 4. The molecule has 0 aromatic carbocycles. The highest BCUT2D eigenvalue weighted by Crippen LogP contribution is 2.33. The van der Waals surface area contributed by atoms with E-state index in [4.69, 9.17) is 0 Å². The van der Waals surface area contributed by atoms with Crippen LogP contribution < -0.4 is 0 Å². The van der Waals surface area contributed by atoms with Crippen LogP contribution in [0.5, 0.6) is 0 Å². The first-order valence-corrected chi connectivity index (χ1v) is 7.70. The van der Waals surface area contributed by atoms with Crippen molar-refractivity contribution in [2.75, 3.05) is 0 Å². The van der Waals surface area contributed by atoms with Crippen molar-refractivity contribution in [3.8, 4) is 0 Å². The second-order valence-corrected chi connectivity index (χ2v) is 6.70. The standard InChI is InChI=1S/C13H17Br2N/c14-12-7-10(8-16-9-12)5-6-13(15)11-3-1-2-4-11/h7-9,11,13H,1-6H2. The Morgan fingerprint density at radius 1 is 1.31 bits per heavy atom. The molecule has 1 heterocycles. The average molecular weight is 347 g/mol. The monoisotopic (exact) mass is 345 g/mol. The van der Waals surface area contributed by atoms with Crippen molar-refractivity contribution in [2.24, 2.45) is 5.92 Å². The van der Waals surface area contributed by atoms with Gasteiger partial charge in [-0.2, -0.15) is 0 Å². The highest BCUT2D eigenvalue weighted by atomic mass is 79.9. The highest BCUT2D eigenvalue weighted by Gasteiger charge is 2.22. The third-order valence-electron chi connectivity index (χ3n) is 3.38. The maximum Gasteiger partial charge on any atom is 0.0410 e. The van der Waals surface area contributed by atoms with Crippen molar-refractivity contribution in [1.82, 2.24) is 4.98 Å². The Labute approximate surface area is 114 Å². The van der Waals surface area contributed by atoms with E-state index in [1.807, 2.05) is 12.4 Å². The number of hydrogen-bond donors (Lipinski definition) is 0. The first-order valence-electron chi connectivity index (χ1n) is 5.99. The number of aryl methyl sites for hydroxylation is 1. The fraction of sp³-hybridized carbons (Fsp3) is 0.615. The molecule has 0 radical (unpaired) electrons. The SMILES string of the molecule is Brc1cncc(CCC(Br)C2CCCC2)c1. The first kappa shape index (κ1) is 12.6. The Bertz CT molecular complexity index is 334. The molecule has 0 saturated heterocycles. The van der Waals surface area contributed by atoms with Gasteiger partial charge in [0.15, 0.2) is 0 Å². The van der Waals surface area contributed by atoms with Gasteiger partial charge in [0.1, 0.15) is 0 Å². The van der Waals surface area contributed by atoms with Crippen molar-refractivity contribution in [3.05, 3.63) is 28.5 Å². The van der Waals surface area contributed by atoms with Crippen LogP contribution in [0.1, 0.15) is 37.7 Å². The number of nitrogens with zero attached hydrogens (tertiary/aromatic N) is 1. The smallest absolute Gasteiger partial charge is 0.0410 e. The molecule has 0 spiro atoms. The zero-order valence-electron chi connectivity index (χ0n) is 9.33. The van der Waals surface area contributed by atoms with Gasteiger partial charge in [-0.1, -0.05) is 28.8 Å². The molecular weight excluding hydrogens is 330 g/mol. The van der Waals surface area contributed by atoms with Crippen LogP contribution in [-0.2, 0) is 6.42 Å². The minimum Gasteiger partial charge on any atom is -0.263 e. The van der Waals surface area contributed by atoms with Crippen LogP contribution in [0, 0.1) is 5.92 Å². The largest absolute Gasteiger partial charge is 0.263 e. The number of halogens is 2. The lowest BCUT2D eigenvalue weighted by Crippen LogP contribution is -2.11. The second kappa shape index (κ2) is 6.15. The highest BCUT2D eigenvalue weighted by molar-refractivity contribution is 9.10. The van der Waals surface area contributed by atoms with E-state index in [0.717, 1.165) is 16.8 Å². The maximum atomic E-state index is 4.20. The van der Waals surface area contributed by atoms with Gasteiger partial charge >= 0.3 is 0 Å². The molecule has 1 atom stereocenters. The molecule has 1 aromatic rings. The summed E-state index contributed by atoms with van der Waals surface area (Å²) in [4.78, 5) is 4.89. The van der Waals surface area contributed by atoms with Crippen LogP contribution in [-0.4, -0.2) is 9.81 Å². The van der Waals surface area contributed by atoms with Crippen LogP contribution in [0.25, 0.3) is 0 Å². The fourth-order valence-corrected chi connectivity index (χ4v) is 3.62. The van der Waals surface area contributed by atoms with E-state index in [1.54, 1.807) is 0 Å². The van der Waals surface area contributed by atoms with E-state index >= 15 is 0 Å². The Kier molecular flexibility index (Phi) is 4.83. The lowest BCUT2D eigenvalue weighted by Gasteiger charge is -2.16. The van der Waals surface area contributed by atoms with E-state index in [0.29, 0.717) is 4.83 Å². The van der Waals surface area contributed by atoms with Crippen LogP contribution in [0.15, 0.2) is 22.9 Å². The Morgan fingerprint density at radius 2 is 2.06 bits per heavy atom. The Morgan fingerprint density at radius 3 is 2.75 bits per heavy atom. The molecule has 1 fully saturated rings. The molecule has 88 valence electrons. The van der Waals surface area contributed by atoms with Crippen LogP contribution in [0.4, 0.5) is 0 Å². The molecule has 1 aliphatic rings. The summed E-state index contributed by atoms with van der Waals surface area (Å²) in [5.41, 5.74) is 1.33. The first-order chi connectivity index (χ1) is 7.75. The van der Waals surface area contributed by atoms with Gasteiger partial charge in [-0.25, -0.2) is 0 Å². The van der Waals surface area contributed by atoms with E-state index in [2.05, 4.69) is 42.9 Å². The summed E-state index contributed by atoms with van der Waals surface area (Å²) in [6.07, 6.45) is 11.8. The Hall–Kier alpha value is 0.110. The molecule has 1 nitrogen and oxygen atoms in total. The Balaban J connectivity index is 1.82. The number of aromatic nitrogens is 1. The second-order valence-electron chi connectivity index (χ2n) is 4.61. The molecule has 0 bridgehead atoms. The molecular formula is C13H17Br2N. The topological polar surface area (TPSA) is 12.9 Å². The molecule has 0 N–H and O–H groups in total. The third-order valence-corrected chi connectivity index (χ3v) is 5.02. The maximum absolute atomic E-state index is 4.20. The van der Waals surface area contributed by atoms with Gasteiger partial charge in [0.2, 0.25) is 0 Å². The van der Waals surface area contributed by atoms with Crippen molar-refractivity contribution < 1.29 is 0 Å². The molecule has 1 aliphatic carbocycles. The third kappa shape index (κ3) is 3.56. The molecule has 1 saturated carbocycles. The summed E-state index contributed by atoms with van der Waals surface area (Å²) in [6, 6.07) is 2.17. The van der Waals surface area contributed by atoms with E-state index in [9.17, 15) is 0 Å². The van der Waals surface area contributed by atoms with Crippen molar-refractivity contribution in [1.29, 1.82) is 0 Å². The van der Waals surface area contributed by atoms with Gasteiger partial charge in [-0.3, -0.25) is 4.98 Å².